The highest BCUT2D eigenvalue weighted by atomic mass is 16.6. The average Bonchev–Trinajstić information content (AvgIpc) is 2.73. The van der Waals surface area contributed by atoms with Gasteiger partial charge in [-0.1, -0.05) is 30.3 Å². The summed E-state index contributed by atoms with van der Waals surface area (Å²) in [5.41, 5.74) is 2.41. The Balaban J connectivity index is 2.45. The topological polar surface area (TPSA) is 53.1 Å². The Bertz CT molecular complexity index is 503. The molecular formula is C13H17N3O. The van der Waals surface area contributed by atoms with Crippen molar-refractivity contribution >= 4 is 0 Å². The van der Waals surface area contributed by atoms with Crippen LogP contribution in [0.3, 0.4) is 0 Å². The number of benzene rings is 1. The Labute approximate surface area is 101 Å². The molecule has 4 nitrogen and oxygen atoms in total. The fraction of sp³-hybridized carbons (Fsp3) is 0.308. The third-order valence-electron chi connectivity index (χ3n) is 2.86. The molecule has 0 fully saturated rings. The molecule has 0 atom stereocenters. The molecule has 2 aromatic rings. The Kier molecular flexibility index (Phi) is 3.00. The first-order valence-corrected chi connectivity index (χ1v) is 5.52. The van der Waals surface area contributed by atoms with Gasteiger partial charge in [0.2, 0.25) is 0 Å². The Morgan fingerprint density at radius 3 is 2.47 bits per heavy atom. The van der Waals surface area contributed by atoms with Crippen molar-refractivity contribution in [1.29, 1.82) is 0 Å². The molecule has 17 heavy (non-hydrogen) atoms. The van der Waals surface area contributed by atoms with Gasteiger partial charge in [0, 0.05) is 12.6 Å². The van der Waals surface area contributed by atoms with Gasteiger partial charge in [0.15, 0.2) is 0 Å². The van der Waals surface area contributed by atoms with Gasteiger partial charge in [-0.15, -0.1) is 0 Å². The van der Waals surface area contributed by atoms with E-state index in [2.05, 4.69) is 5.10 Å². The second-order valence-electron chi connectivity index (χ2n) is 4.53. The van der Waals surface area contributed by atoms with E-state index in [1.807, 2.05) is 57.3 Å². The number of aromatic nitrogens is 2. The first-order chi connectivity index (χ1) is 8.04. The number of rotatable bonds is 3. The van der Waals surface area contributed by atoms with Crippen LogP contribution in [-0.2, 0) is 17.5 Å². The van der Waals surface area contributed by atoms with Crippen molar-refractivity contribution in [2.75, 3.05) is 0 Å². The minimum Gasteiger partial charge on any atom is -0.292 e. The van der Waals surface area contributed by atoms with E-state index >= 15 is 0 Å². The van der Waals surface area contributed by atoms with Crippen LogP contribution in [0.1, 0.15) is 19.5 Å². The summed E-state index contributed by atoms with van der Waals surface area (Å²) in [6.45, 7) is 3.83. The van der Waals surface area contributed by atoms with Crippen LogP contribution in [0, 0.1) is 0 Å². The zero-order chi connectivity index (χ0) is 12.5. The smallest absolute Gasteiger partial charge is 0.125 e. The highest BCUT2D eigenvalue weighted by Gasteiger charge is 2.25. The van der Waals surface area contributed by atoms with E-state index in [9.17, 15) is 0 Å². The van der Waals surface area contributed by atoms with Gasteiger partial charge in [0.1, 0.15) is 5.60 Å². The van der Waals surface area contributed by atoms with Crippen molar-refractivity contribution < 1.29 is 4.84 Å². The van der Waals surface area contributed by atoms with Gasteiger partial charge in [-0.3, -0.25) is 9.52 Å². The first kappa shape index (κ1) is 11.8. The summed E-state index contributed by atoms with van der Waals surface area (Å²) in [7, 11) is 1.89. The zero-order valence-corrected chi connectivity index (χ0v) is 10.3. The van der Waals surface area contributed by atoms with Crippen molar-refractivity contribution in [3.8, 4) is 11.3 Å². The highest BCUT2D eigenvalue weighted by Crippen LogP contribution is 2.27. The number of aryl methyl sites for hydroxylation is 1. The van der Waals surface area contributed by atoms with E-state index < -0.39 is 5.60 Å². The van der Waals surface area contributed by atoms with E-state index in [4.69, 9.17) is 10.7 Å². The SMILES string of the molecule is Cn1nc(-c2ccccc2)cc1C(C)(C)ON. The van der Waals surface area contributed by atoms with Crippen LogP contribution < -0.4 is 5.90 Å². The minimum absolute atomic E-state index is 0.547. The lowest BCUT2D eigenvalue weighted by molar-refractivity contribution is -0.0294. The van der Waals surface area contributed by atoms with Crippen molar-refractivity contribution in [3.63, 3.8) is 0 Å². The lowest BCUT2D eigenvalue weighted by Gasteiger charge is -2.21. The normalized spacial score (nSPS) is 11.8. The van der Waals surface area contributed by atoms with Crippen molar-refractivity contribution in [2.45, 2.75) is 19.4 Å². The summed E-state index contributed by atoms with van der Waals surface area (Å²) in [6, 6.07) is 12.0. The monoisotopic (exact) mass is 231 g/mol. The molecule has 0 radical (unpaired) electrons. The maximum Gasteiger partial charge on any atom is 0.125 e. The molecule has 0 saturated carbocycles. The van der Waals surface area contributed by atoms with Gasteiger partial charge in [-0.25, -0.2) is 5.90 Å². The summed E-state index contributed by atoms with van der Waals surface area (Å²) < 4.78 is 1.80. The molecule has 0 aliphatic heterocycles. The summed E-state index contributed by atoms with van der Waals surface area (Å²) in [6.07, 6.45) is 0. The third-order valence-corrected chi connectivity index (χ3v) is 2.86. The predicted octanol–water partition coefficient (Wildman–Crippen LogP) is 2.21. The number of nitrogens with zero attached hydrogens (tertiary/aromatic N) is 2. The summed E-state index contributed by atoms with van der Waals surface area (Å²) in [5, 5.41) is 4.48. The summed E-state index contributed by atoms with van der Waals surface area (Å²) >= 11 is 0. The molecule has 0 spiro atoms. The Hall–Kier alpha value is -1.65. The van der Waals surface area contributed by atoms with Gasteiger partial charge >= 0.3 is 0 Å². The fourth-order valence-electron chi connectivity index (χ4n) is 1.84. The predicted molar refractivity (Wildman–Crippen MR) is 66.9 cm³/mol. The molecular weight excluding hydrogens is 214 g/mol. The van der Waals surface area contributed by atoms with Crippen LogP contribution in [0.4, 0.5) is 0 Å². The maximum absolute atomic E-state index is 5.31. The minimum atomic E-state index is -0.547. The van der Waals surface area contributed by atoms with Crippen molar-refractivity contribution in [1.82, 2.24) is 9.78 Å². The van der Waals surface area contributed by atoms with Gasteiger partial charge in [-0.2, -0.15) is 5.10 Å². The quantitative estimate of drug-likeness (QED) is 0.824. The van der Waals surface area contributed by atoms with Crippen molar-refractivity contribution in [2.24, 2.45) is 12.9 Å². The third kappa shape index (κ3) is 2.23. The molecule has 0 bridgehead atoms. The molecule has 1 aromatic heterocycles. The van der Waals surface area contributed by atoms with Gasteiger partial charge in [0.25, 0.3) is 0 Å². The molecule has 1 aromatic carbocycles. The van der Waals surface area contributed by atoms with E-state index in [1.165, 1.54) is 0 Å². The fourth-order valence-corrected chi connectivity index (χ4v) is 1.84. The maximum atomic E-state index is 5.31. The number of hydrogen-bond acceptors (Lipinski definition) is 3. The standard InChI is InChI=1S/C13H17N3O/c1-13(2,17-14)12-9-11(15-16(12)3)10-7-5-4-6-8-10/h4-9H,14H2,1-3H3. The largest absolute Gasteiger partial charge is 0.292 e. The van der Waals surface area contributed by atoms with Crippen LogP contribution in [0.15, 0.2) is 36.4 Å². The van der Waals surface area contributed by atoms with Gasteiger partial charge in [-0.05, 0) is 19.9 Å². The van der Waals surface area contributed by atoms with E-state index in [0.29, 0.717) is 0 Å². The second kappa shape index (κ2) is 4.31. The molecule has 0 aliphatic carbocycles. The molecule has 1 heterocycles. The molecule has 90 valence electrons. The van der Waals surface area contributed by atoms with E-state index in [1.54, 1.807) is 4.68 Å². The zero-order valence-electron chi connectivity index (χ0n) is 10.3. The first-order valence-electron chi connectivity index (χ1n) is 5.52. The van der Waals surface area contributed by atoms with Crippen LogP contribution in [-0.4, -0.2) is 9.78 Å². The van der Waals surface area contributed by atoms with Crippen LogP contribution in [0.2, 0.25) is 0 Å². The molecule has 0 saturated heterocycles. The van der Waals surface area contributed by atoms with Crippen LogP contribution in [0.5, 0.6) is 0 Å². The van der Waals surface area contributed by atoms with Crippen molar-refractivity contribution in [3.05, 3.63) is 42.1 Å². The Morgan fingerprint density at radius 1 is 1.24 bits per heavy atom. The van der Waals surface area contributed by atoms with Gasteiger partial charge < -0.3 is 0 Å². The molecule has 2 N–H and O–H groups in total. The molecule has 0 amide bonds. The number of hydrogen-bond donors (Lipinski definition) is 1. The number of nitrogens with two attached hydrogens (primary N) is 1. The second-order valence-corrected chi connectivity index (χ2v) is 4.53. The molecule has 2 rings (SSSR count). The highest BCUT2D eigenvalue weighted by molar-refractivity contribution is 5.59. The lowest BCUT2D eigenvalue weighted by Crippen LogP contribution is -2.27. The average molecular weight is 231 g/mol. The molecule has 0 aliphatic rings. The Morgan fingerprint density at radius 2 is 1.88 bits per heavy atom. The molecule has 0 unspecified atom stereocenters. The lowest BCUT2D eigenvalue weighted by atomic mass is 10.0. The van der Waals surface area contributed by atoms with E-state index in [0.717, 1.165) is 17.0 Å². The summed E-state index contributed by atoms with van der Waals surface area (Å²) in [4.78, 5) is 4.99. The van der Waals surface area contributed by atoms with Crippen LogP contribution in [0.25, 0.3) is 11.3 Å². The van der Waals surface area contributed by atoms with Gasteiger partial charge in [0.05, 0.1) is 11.4 Å². The molecule has 4 heteroatoms. The summed E-state index contributed by atoms with van der Waals surface area (Å²) in [5.74, 6) is 5.31. The van der Waals surface area contributed by atoms with Crippen LogP contribution >= 0.6 is 0 Å². The van der Waals surface area contributed by atoms with E-state index in [-0.39, 0.29) is 0 Å².